The van der Waals surface area contributed by atoms with Crippen molar-refractivity contribution in [3.8, 4) is 17.1 Å². The fourth-order valence-corrected chi connectivity index (χ4v) is 3.02. The van der Waals surface area contributed by atoms with Gasteiger partial charge in [0.25, 0.3) is 0 Å². The molecule has 8 nitrogen and oxygen atoms in total. The first-order valence-electron chi connectivity index (χ1n) is 9.11. The number of H-pyrrole nitrogens is 1. The monoisotopic (exact) mass is 388 g/mol. The summed E-state index contributed by atoms with van der Waals surface area (Å²) in [7, 11) is 1.57. The summed E-state index contributed by atoms with van der Waals surface area (Å²) in [5.74, 6) is 0.965. The van der Waals surface area contributed by atoms with Crippen molar-refractivity contribution >= 4 is 22.8 Å². The number of pyridine rings is 2. The number of anilines is 1. The summed E-state index contributed by atoms with van der Waals surface area (Å²) in [6, 6.07) is 14.7. The maximum Gasteiger partial charge on any atom is 0.320 e. The molecule has 4 aromatic rings. The molecule has 0 saturated heterocycles. The Kier molecular flexibility index (Phi) is 5.07. The average molecular weight is 388 g/mol. The highest BCUT2D eigenvalue weighted by atomic mass is 16.5. The van der Waals surface area contributed by atoms with Crippen molar-refractivity contribution in [3.63, 3.8) is 0 Å². The number of rotatable bonds is 5. The molecule has 0 aliphatic carbocycles. The normalized spacial score (nSPS) is 11.8. The molecule has 8 heteroatoms. The Labute approximate surface area is 167 Å². The van der Waals surface area contributed by atoms with Crippen LogP contribution in [-0.2, 0) is 0 Å². The van der Waals surface area contributed by atoms with Crippen LogP contribution in [-0.4, -0.2) is 33.3 Å². The minimum Gasteiger partial charge on any atom is -0.481 e. The molecule has 0 unspecified atom stereocenters. The van der Waals surface area contributed by atoms with Gasteiger partial charge >= 0.3 is 6.03 Å². The molecule has 1 aromatic carbocycles. The predicted molar refractivity (Wildman–Crippen MR) is 111 cm³/mol. The van der Waals surface area contributed by atoms with Crippen LogP contribution in [0.25, 0.3) is 22.2 Å². The van der Waals surface area contributed by atoms with Crippen LogP contribution in [0.5, 0.6) is 5.88 Å². The zero-order valence-electron chi connectivity index (χ0n) is 16.0. The lowest BCUT2D eigenvalue weighted by Crippen LogP contribution is -2.31. The lowest BCUT2D eigenvalue weighted by molar-refractivity contribution is 0.249. The minimum absolute atomic E-state index is 0.124. The maximum absolute atomic E-state index is 12.3. The molecule has 2 amide bonds. The van der Waals surface area contributed by atoms with Gasteiger partial charge in [0.2, 0.25) is 5.88 Å². The fraction of sp³-hybridized carbons (Fsp3) is 0.143. The number of amides is 2. The molecule has 4 rings (SSSR count). The Bertz CT molecular complexity index is 1130. The lowest BCUT2D eigenvalue weighted by atomic mass is 10.1. The summed E-state index contributed by atoms with van der Waals surface area (Å²) in [5, 5.41) is 13.8. The number of hydrogen-bond donors (Lipinski definition) is 3. The molecular formula is C21H20N6O2. The van der Waals surface area contributed by atoms with Crippen molar-refractivity contribution in [1.82, 2.24) is 25.5 Å². The second kappa shape index (κ2) is 7.97. The third-order valence-corrected chi connectivity index (χ3v) is 4.55. The van der Waals surface area contributed by atoms with Gasteiger partial charge in [-0.3, -0.25) is 10.4 Å². The number of aromatic amines is 1. The van der Waals surface area contributed by atoms with Crippen LogP contribution in [0.2, 0.25) is 0 Å². The first-order valence-corrected chi connectivity index (χ1v) is 9.11. The van der Waals surface area contributed by atoms with Crippen molar-refractivity contribution in [1.29, 1.82) is 0 Å². The zero-order chi connectivity index (χ0) is 20.2. The van der Waals surface area contributed by atoms with Gasteiger partial charge in [0.1, 0.15) is 11.5 Å². The SMILES string of the molecule is COc1ccc(-c2n[nH]c3cc(NC(=O)N[C@H](C)c4ccccc4)ncc23)cn1. The molecule has 1 atom stereocenters. The van der Waals surface area contributed by atoms with Gasteiger partial charge < -0.3 is 10.1 Å². The molecule has 3 aromatic heterocycles. The summed E-state index contributed by atoms with van der Waals surface area (Å²) in [6.45, 7) is 1.93. The van der Waals surface area contributed by atoms with E-state index >= 15 is 0 Å². The number of hydrogen-bond acceptors (Lipinski definition) is 5. The zero-order valence-corrected chi connectivity index (χ0v) is 16.0. The number of methoxy groups -OCH3 is 1. The molecule has 0 bridgehead atoms. The van der Waals surface area contributed by atoms with Crippen LogP contribution >= 0.6 is 0 Å². The molecule has 146 valence electrons. The topological polar surface area (TPSA) is 105 Å². The quantitative estimate of drug-likeness (QED) is 0.481. The summed E-state index contributed by atoms with van der Waals surface area (Å²) in [5.41, 5.74) is 3.36. The van der Waals surface area contributed by atoms with Gasteiger partial charge in [-0.05, 0) is 18.6 Å². The van der Waals surface area contributed by atoms with E-state index in [2.05, 4.69) is 30.8 Å². The van der Waals surface area contributed by atoms with Crippen LogP contribution < -0.4 is 15.4 Å². The van der Waals surface area contributed by atoms with Crippen molar-refractivity contribution in [2.45, 2.75) is 13.0 Å². The molecule has 3 heterocycles. The molecule has 29 heavy (non-hydrogen) atoms. The first kappa shape index (κ1) is 18.4. The highest BCUT2D eigenvalue weighted by molar-refractivity contribution is 5.95. The van der Waals surface area contributed by atoms with Crippen LogP contribution in [0.3, 0.4) is 0 Å². The molecule has 0 aliphatic heterocycles. The van der Waals surface area contributed by atoms with Gasteiger partial charge in [-0.2, -0.15) is 5.10 Å². The van der Waals surface area contributed by atoms with Gasteiger partial charge in [0.05, 0.1) is 18.7 Å². The van der Waals surface area contributed by atoms with E-state index in [0.717, 1.165) is 27.7 Å². The standard InChI is InChI=1S/C21H20N6O2/c1-13(14-6-4-3-5-7-14)24-21(28)25-18-10-17-16(12-22-18)20(27-26-17)15-8-9-19(29-2)23-11-15/h3-13H,1-2H3,(H,26,27)(H2,22,24,25,28)/t13-/m1/s1. The van der Waals surface area contributed by atoms with Gasteiger partial charge in [-0.1, -0.05) is 30.3 Å². The van der Waals surface area contributed by atoms with Crippen molar-refractivity contribution in [3.05, 3.63) is 66.5 Å². The number of aromatic nitrogens is 4. The second-order valence-electron chi connectivity index (χ2n) is 6.51. The second-order valence-corrected chi connectivity index (χ2v) is 6.51. The molecule has 3 N–H and O–H groups in total. The van der Waals surface area contributed by atoms with E-state index in [1.165, 1.54) is 0 Å². The predicted octanol–water partition coefficient (Wildman–Crippen LogP) is 3.91. The van der Waals surface area contributed by atoms with Crippen molar-refractivity contribution < 1.29 is 9.53 Å². The Morgan fingerprint density at radius 2 is 1.93 bits per heavy atom. The van der Waals surface area contributed by atoms with E-state index in [4.69, 9.17) is 4.74 Å². The van der Waals surface area contributed by atoms with Crippen LogP contribution in [0.1, 0.15) is 18.5 Å². The number of carbonyl (C=O) groups is 1. The Hall–Kier alpha value is -3.94. The summed E-state index contributed by atoms with van der Waals surface area (Å²) < 4.78 is 5.08. The Balaban J connectivity index is 1.48. The third kappa shape index (κ3) is 4.01. The summed E-state index contributed by atoms with van der Waals surface area (Å²) in [6.07, 6.45) is 3.37. The minimum atomic E-state index is -0.327. The van der Waals surface area contributed by atoms with Gasteiger partial charge in [0, 0.05) is 35.5 Å². The molecule has 0 aliphatic rings. The summed E-state index contributed by atoms with van der Waals surface area (Å²) >= 11 is 0. The fourth-order valence-electron chi connectivity index (χ4n) is 3.02. The van der Waals surface area contributed by atoms with Crippen LogP contribution in [0.4, 0.5) is 10.6 Å². The number of urea groups is 1. The smallest absolute Gasteiger partial charge is 0.320 e. The summed E-state index contributed by atoms with van der Waals surface area (Å²) in [4.78, 5) is 20.9. The average Bonchev–Trinajstić information content (AvgIpc) is 3.17. The van der Waals surface area contributed by atoms with Crippen molar-refractivity contribution in [2.24, 2.45) is 0 Å². The molecule has 0 saturated carbocycles. The van der Waals surface area contributed by atoms with Gasteiger partial charge in [0.15, 0.2) is 0 Å². The first-order chi connectivity index (χ1) is 14.1. The Morgan fingerprint density at radius 1 is 1.10 bits per heavy atom. The highest BCUT2D eigenvalue weighted by Crippen LogP contribution is 2.27. The van der Waals surface area contributed by atoms with Crippen LogP contribution in [0, 0.1) is 0 Å². The van der Waals surface area contributed by atoms with E-state index in [1.54, 1.807) is 31.6 Å². The van der Waals surface area contributed by atoms with E-state index in [9.17, 15) is 4.79 Å². The molecular weight excluding hydrogens is 368 g/mol. The van der Waals surface area contributed by atoms with E-state index in [-0.39, 0.29) is 12.1 Å². The number of carbonyl (C=O) groups excluding carboxylic acids is 1. The van der Waals surface area contributed by atoms with E-state index in [0.29, 0.717) is 11.7 Å². The number of nitrogens with one attached hydrogen (secondary N) is 3. The van der Waals surface area contributed by atoms with Crippen molar-refractivity contribution in [2.75, 3.05) is 12.4 Å². The number of fused-ring (bicyclic) bond motifs is 1. The van der Waals surface area contributed by atoms with E-state index < -0.39 is 0 Å². The van der Waals surface area contributed by atoms with Crippen LogP contribution in [0.15, 0.2) is 60.9 Å². The molecule has 0 spiro atoms. The Morgan fingerprint density at radius 3 is 2.66 bits per heavy atom. The largest absolute Gasteiger partial charge is 0.481 e. The molecule has 0 radical (unpaired) electrons. The third-order valence-electron chi connectivity index (χ3n) is 4.55. The highest BCUT2D eigenvalue weighted by Gasteiger charge is 2.13. The number of ether oxygens (including phenoxy) is 1. The van der Waals surface area contributed by atoms with E-state index in [1.807, 2.05) is 43.3 Å². The molecule has 0 fully saturated rings. The number of nitrogens with zero attached hydrogens (tertiary/aromatic N) is 3. The number of benzene rings is 1. The maximum atomic E-state index is 12.3. The van der Waals surface area contributed by atoms with Gasteiger partial charge in [-0.15, -0.1) is 0 Å². The van der Waals surface area contributed by atoms with Gasteiger partial charge in [-0.25, -0.2) is 14.8 Å². The lowest BCUT2D eigenvalue weighted by Gasteiger charge is -2.14.